The van der Waals surface area contributed by atoms with Crippen LogP contribution in [-0.2, 0) is 16.0 Å². The van der Waals surface area contributed by atoms with Crippen molar-refractivity contribution >= 4 is 29.3 Å². The van der Waals surface area contributed by atoms with Crippen molar-refractivity contribution in [1.82, 2.24) is 4.90 Å². The van der Waals surface area contributed by atoms with E-state index in [9.17, 15) is 19.1 Å². The van der Waals surface area contributed by atoms with Gasteiger partial charge < -0.3 is 9.84 Å². The number of thioether (sulfide) groups is 1. The van der Waals surface area contributed by atoms with Gasteiger partial charge in [0, 0.05) is 25.3 Å². The third kappa shape index (κ3) is 4.61. The molecule has 1 amide bonds. The van der Waals surface area contributed by atoms with Crippen LogP contribution < -0.4 is 4.90 Å². The number of ether oxygens (including phenoxy) is 1. The summed E-state index contributed by atoms with van der Waals surface area (Å²) >= 11 is 1.49. The summed E-state index contributed by atoms with van der Waals surface area (Å²) in [7, 11) is 0. The van der Waals surface area contributed by atoms with Crippen molar-refractivity contribution in [3.8, 4) is 0 Å². The number of carboxylic acids is 1. The van der Waals surface area contributed by atoms with Crippen molar-refractivity contribution in [3.63, 3.8) is 0 Å². The fourth-order valence-corrected chi connectivity index (χ4v) is 5.35. The largest absolute Gasteiger partial charge is 0.478 e. The Bertz CT molecular complexity index is 976. The highest BCUT2D eigenvalue weighted by atomic mass is 32.2. The number of halogens is 1. The highest BCUT2D eigenvalue weighted by Gasteiger charge is 2.35. The Morgan fingerprint density at radius 3 is 2.58 bits per heavy atom. The van der Waals surface area contributed by atoms with E-state index in [1.165, 1.54) is 23.9 Å². The Labute approximate surface area is 185 Å². The molecular formula is C23H25FN2O4S. The Balaban J connectivity index is 1.67. The molecule has 2 aliphatic rings. The van der Waals surface area contributed by atoms with Crippen LogP contribution in [0.3, 0.4) is 0 Å². The molecule has 0 aliphatic carbocycles. The van der Waals surface area contributed by atoms with Crippen molar-refractivity contribution in [2.24, 2.45) is 0 Å². The van der Waals surface area contributed by atoms with Crippen LogP contribution in [0, 0.1) is 12.7 Å². The van der Waals surface area contributed by atoms with Crippen molar-refractivity contribution in [2.75, 3.05) is 43.5 Å². The lowest BCUT2D eigenvalue weighted by atomic mass is 9.96. The average Bonchev–Trinajstić information content (AvgIpc) is 3.15. The number of hydrogen-bond donors (Lipinski definition) is 1. The SMILES string of the molecule is Cc1c(N2C(=O)CSC2c2ccc(F)cc2)ccc(C(=O)O)c1CCN1CCOCC1. The van der Waals surface area contributed by atoms with Gasteiger partial charge in [-0.05, 0) is 54.3 Å². The maximum atomic E-state index is 13.4. The Hall–Kier alpha value is -2.42. The minimum Gasteiger partial charge on any atom is -0.478 e. The maximum Gasteiger partial charge on any atom is 0.335 e. The highest BCUT2D eigenvalue weighted by Crippen LogP contribution is 2.43. The average molecular weight is 445 g/mol. The molecule has 0 bridgehead atoms. The molecule has 2 heterocycles. The Kier molecular flexibility index (Phi) is 6.60. The van der Waals surface area contributed by atoms with Gasteiger partial charge in [-0.15, -0.1) is 11.8 Å². The summed E-state index contributed by atoms with van der Waals surface area (Å²) in [6, 6.07) is 9.49. The van der Waals surface area contributed by atoms with Crippen molar-refractivity contribution in [2.45, 2.75) is 18.7 Å². The van der Waals surface area contributed by atoms with E-state index < -0.39 is 5.97 Å². The molecule has 1 atom stereocenters. The third-order valence-electron chi connectivity index (χ3n) is 5.86. The zero-order valence-corrected chi connectivity index (χ0v) is 18.2. The molecule has 8 heteroatoms. The summed E-state index contributed by atoms with van der Waals surface area (Å²) in [4.78, 5) is 28.7. The number of rotatable bonds is 6. The summed E-state index contributed by atoms with van der Waals surface area (Å²) in [5.41, 5.74) is 3.38. The second kappa shape index (κ2) is 9.38. The van der Waals surface area contributed by atoms with Gasteiger partial charge in [-0.1, -0.05) is 12.1 Å². The lowest BCUT2D eigenvalue weighted by molar-refractivity contribution is -0.115. The molecule has 0 aromatic heterocycles. The number of benzene rings is 2. The molecule has 2 aliphatic heterocycles. The molecule has 4 rings (SSSR count). The van der Waals surface area contributed by atoms with Crippen LogP contribution in [-0.4, -0.2) is 60.5 Å². The number of carboxylic acid groups (broad SMARTS) is 1. The van der Waals surface area contributed by atoms with Gasteiger partial charge in [-0.25, -0.2) is 9.18 Å². The Morgan fingerprint density at radius 2 is 1.90 bits per heavy atom. The summed E-state index contributed by atoms with van der Waals surface area (Å²) in [5, 5.41) is 9.47. The van der Waals surface area contributed by atoms with E-state index >= 15 is 0 Å². The summed E-state index contributed by atoms with van der Waals surface area (Å²) in [6.07, 6.45) is 0.581. The van der Waals surface area contributed by atoms with Gasteiger partial charge in [0.1, 0.15) is 11.2 Å². The number of amides is 1. The van der Waals surface area contributed by atoms with E-state index in [-0.39, 0.29) is 22.7 Å². The minimum absolute atomic E-state index is 0.0374. The lowest BCUT2D eigenvalue weighted by Gasteiger charge is -2.29. The molecule has 31 heavy (non-hydrogen) atoms. The number of anilines is 1. The van der Waals surface area contributed by atoms with E-state index in [1.54, 1.807) is 29.2 Å². The Morgan fingerprint density at radius 1 is 1.19 bits per heavy atom. The molecule has 164 valence electrons. The summed E-state index contributed by atoms with van der Waals surface area (Å²) < 4.78 is 18.8. The molecule has 2 saturated heterocycles. The molecule has 0 spiro atoms. The van der Waals surface area contributed by atoms with Crippen LogP contribution in [0.2, 0.25) is 0 Å². The van der Waals surface area contributed by atoms with Crippen LogP contribution in [0.5, 0.6) is 0 Å². The standard InChI is InChI=1S/C23H25FN2O4S/c1-15-18(8-9-25-10-12-30-13-11-25)19(23(28)29)6-7-20(15)26-21(27)14-31-22(26)16-2-4-17(24)5-3-16/h2-7,22H,8-14H2,1H3,(H,28,29). The molecule has 2 fully saturated rings. The van der Waals surface area contributed by atoms with E-state index in [0.29, 0.717) is 31.1 Å². The van der Waals surface area contributed by atoms with Crippen LogP contribution in [0.25, 0.3) is 0 Å². The molecule has 2 aromatic rings. The number of carbonyl (C=O) groups is 2. The molecule has 1 unspecified atom stereocenters. The molecular weight excluding hydrogens is 419 g/mol. The fourth-order valence-electron chi connectivity index (χ4n) is 4.18. The molecule has 6 nitrogen and oxygen atoms in total. The number of aromatic carboxylic acids is 1. The van der Waals surface area contributed by atoms with Gasteiger partial charge in [0.15, 0.2) is 0 Å². The topological polar surface area (TPSA) is 70.1 Å². The number of carbonyl (C=O) groups excluding carboxylic acids is 1. The van der Waals surface area contributed by atoms with Crippen LogP contribution in [0.1, 0.15) is 32.4 Å². The summed E-state index contributed by atoms with van der Waals surface area (Å²) in [6.45, 7) is 5.64. The normalized spacial score (nSPS) is 19.7. The fraction of sp³-hybridized carbons (Fsp3) is 0.391. The monoisotopic (exact) mass is 444 g/mol. The summed E-state index contributed by atoms with van der Waals surface area (Å²) in [5.74, 6) is -1.00. The van der Waals surface area contributed by atoms with E-state index in [4.69, 9.17) is 4.74 Å². The number of hydrogen-bond acceptors (Lipinski definition) is 5. The van der Waals surface area contributed by atoms with E-state index in [0.717, 1.165) is 36.3 Å². The van der Waals surface area contributed by atoms with Crippen molar-refractivity contribution < 1.29 is 23.8 Å². The van der Waals surface area contributed by atoms with Gasteiger partial charge in [0.05, 0.1) is 24.5 Å². The second-order valence-electron chi connectivity index (χ2n) is 7.72. The zero-order chi connectivity index (χ0) is 22.0. The predicted molar refractivity (Wildman–Crippen MR) is 118 cm³/mol. The van der Waals surface area contributed by atoms with Crippen molar-refractivity contribution in [3.05, 3.63) is 64.5 Å². The zero-order valence-electron chi connectivity index (χ0n) is 17.3. The first-order valence-corrected chi connectivity index (χ1v) is 11.4. The quantitative estimate of drug-likeness (QED) is 0.736. The molecule has 1 N–H and O–H groups in total. The number of morpholine rings is 1. The third-order valence-corrected chi connectivity index (χ3v) is 7.08. The van der Waals surface area contributed by atoms with Crippen LogP contribution in [0.4, 0.5) is 10.1 Å². The minimum atomic E-state index is -0.969. The van der Waals surface area contributed by atoms with Gasteiger partial charge in [-0.3, -0.25) is 14.6 Å². The number of nitrogens with zero attached hydrogens (tertiary/aromatic N) is 2. The highest BCUT2D eigenvalue weighted by molar-refractivity contribution is 8.00. The van der Waals surface area contributed by atoms with Gasteiger partial charge in [-0.2, -0.15) is 0 Å². The lowest BCUT2D eigenvalue weighted by Crippen LogP contribution is -2.37. The van der Waals surface area contributed by atoms with Gasteiger partial charge in [0.25, 0.3) is 0 Å². The first-order chi connectivity index (χ1) is 15.0. The smallest absolute Gasteiger partial charge is 0.335 e. The molecule has 0 radical (unpaired) electrons. The van der Waals surface area contributed by atoms with Crippen molar-refractivity contribution in [1.29, 1.82) is 0 Å². The maximum absolute atomic E-state index is 13.4. The predicted octanol–water partition coefficient (Wildman–Crippen LogP) is 3.49. The van der Waals surface area contributed by atoms with Gasteiger partial charge in [0.2, 0.25) is 5.91 Å². The van der Waals surface area contributed by atoms with Gasteiger partial charge >= 0.3 is 5.97 Å². The van der Waals surface area contributed by atoms with Crippen LogP contribution >= 0.6 is 11.8 Å². The molecule has 0 saturated carbocycles. The van der Waals surface area contributed by atoms with Crippen LogP contribution in [0.15, 0.2) is 36.4 Å². The second-order valence-corrected chi connectivity index (χ2v) is 8.79. The molecule has 2 aromatic carbocycles. The van der Waals surface area contributed by atoms with E-state index in [2.05, 4.69) is 4.90 Å². The first-order valence-electron chi connectivity index (χ1n) is 10.3. The first kappa shape index (κ1) is 21.8. The van der Waals surface area contributed by atoms with E-state index in [1.807, 2.05) is 6.92 Å².